The third-order valence-corrected chi connectivity index (χ3v) is 9.60. The van der Waals surface area contributed by atoms with Crippen molar-refractivity contribution < 1.29 is 19.1 Å². The van der Waals surface area contributed by atoms with Crippen molar-refractivity contribution in [2.45, 2.75) is 53.0 Å². The molecule has 0 saturated heterocycles. The van der Waals surface area contributed by atoms with Crippen molar-refractivity contribution in [1.82, 2.24) is 0 Å². The minimum absolute atomic E-state index is 0.230. The summed E-state index contributed by atoms with van der Waals surface area (Å²) in [5, 5.41) is 8.20. The van der Waals surface area contributed by atoms with E-state index in [1.54, 1.807) is 26.0 Å². The van der Waals surface area contributed by atoms with Gasteiger partial charge < -0.3 is 14.8 Å². The lowest BCUT2D eigenvalue weighted by Crippen LogP contribution is -2.34. The van der Waals surface area contributed by atoms with E-state index in [9.17, 15) is 9.59 Å². The molecule has 0 spiro atoms. The molecular weight excluding hydrogens is 606 g/mol. The lowest BCUT2D eigenvalue weighted by molar-refractivity contribution is 0.0513. The summed E-state index contributed by atoms with van der Waals surface area (Å²) in [6, 6.07) is 38.9. The van der Waals surface area contributed by atoms with Crippen molar-refractivity contribution in [3.8, 4) is 22.3 Å². The molecule has 49 heavy (non-hydrogen) atoms. The first-order chi connectivity index (χ1) is 23.8. The van der Waals surface area contributed by atoms with Crippen LogP contribution in [0.5, 0.6) is 0 Å². The average Bonchev–Trinajstić information content (AvgIpc) is 3.14. The summed E-state index contributed by atoms with van der Waals surface area (Å²) in [7, 11) is 0. The molecule has 0 unspecified atom stereocenters. The Morgan fingerprint density at radius 2 is 1.12 bits per heavy atom. The van der Waals surface area contributed by atoms with Gasteiger partial charge in [0.2, 0.25) is 0 Å². The van der Waals surface area contributed by atoms with E-state index < -0.39 is 11.9 Å². The molecule has 248 valence electrons. The summed E-state index contributed by atoms with van der Waals surface area (Å²) in [6.45, 7) is 10.5. The lowest BCUT2D eigenvalue weighted by Gasteiger charge is -2.35. The Kier molecular flexibility index (Phi) is 9.82. The maximum Gasteiger partial charge on any atom is 0.338 e. The van der Waals surface area contributed by atoms with Crippen molar-refractivity contribution >= 4 is 39.2 Å². The lowest BCUT2D eigenvalue weighted by atomic mass is 9.83. The van der Waals surface area contributed by atoms with E-state index in [4.69, 9.17) is 9.47 Å². The number of rotatable bonds is 11. The highest BCUT2D eigenvalue weighted by Crippen LogP contribution is 2.38. The molecule has 6 aromatic rings. The zero-order valence-corrected chi connectivity index (χ0v) is 28.9. The molecule has 0 aliphatic heterocycles. The van der Waals surface area contributed by atoms with E-state index in [1.807, 2.05) is 30.3 Å². The van der Waals surface area contributed by atoms with Gasteiger partial charge >= 0.3 is 11.9 Å². The summed E-state index contributed by atoms with van der Waals surface area (Å²) in [4.78, 5) is 27.2. The van der Waals surface area contributed by atoms with Crippen LogP contribution in [0.1, 0.15) is 72.4 Å². The predicted octanol–water partition coefficient (Wildman–Crippen LogP) is 11.1. The van der Waals surface area contributed by atoms with Crippen LogP contribution in [0.15, 0.2) is 115 Å². The van der Waals surface area contributed by atoms with Gasteiger partial charge in [-0.2, -0.15) is 0 Å². The van der Waals surface area contributed by atoms with Gasteiger partial charge in [-0.05, 0) is 113 Å². The number of carbonyl (C=O) groups excluding carboxylic acids is 2. The van der Waals surface area contributed by atoms with E-state index in [-0.39, 0.29) is 18.8 Å². The van der Waals surface area contributed by atoms with Gasteiger partial charge in [-0.1, -0.05) is 104 Å². The molecule has 0 aliphatic rings. The first kappa shape index (κ1) is 33.5. The molecule has 6 rings (SSSR count). The number of anilines is 1. The first-order valence-electron chi connectivity index (χ1n) is 17.2. The molecule has 0 amide bonds. The maximum atomic E-state index is 13.6. The third kappa shape index (κ3) is 6.66. The van der Waals surface area contributed by atoms with E-state index in [2.05, 4.69) is 98.9 Å². The Bertz CT molecular complexity index is 2130. The van der Waals surface area contributed by atoms with Crippen LogP contribution in [0.2, 0.25) is 0 Å². The summed E-state index contributed by atoms with van der Waals surface area (Å²) < 4.78 is 11.2. The zero-order valence-electron chi connectivity index (χ0n) is 28.9. The van der Waals surface area contributed by atoms with Gasteiger partial charge in [0.15, 0.2) is 0 Å². The van der Waals surface area contributed by atoms with E-state index in [0.717, 1.165) is 56.8 Å². The molecule has 1 N–H and O–H groups in total. The minimum atomic E-state index is -0.443. The van der Waals surface area contributed by atoms with Crippen molar-refractivity contribution in [3.63, 3.8) is 0 Å². The fraction of sp³-hybridized carbons (Fsp3) is 0.227. The number of ether oxygens (including phenoxy) is 2. The number of esters is 2. The van der Waals surface area contributed by atoms with Gasteiger partial charge in [0.25, 0.3) is 0 Å². The van der Waals surface area contributed by atoms with E-state index in [1.165, 1.54) is 5.56 Å². The SMILES string of the molecule is CCOC(=O)c1cc(-c2ccc3ccc4ccccc4c3c2)c(C(=O)OCC)cc1-c1ccc(C(CC)(CC)Nc2ccc(C)cc2)cc1. The molecule has 5 nitrogen and oxygen atoms in total. The van der Waals surface area contributed by atoms with Crippen molar-refractivity contribution in [3.05, 3.63) is 138 Å². The molecular formula is C44H43NO4. The zero-order chi connectivity index (χ0) is 34.5. The van der Waals surface area contributed by atoms with Crippen LogP contribution in [0.4, 0.5) is 5.69 Å². The molecule has 6 aromatic carbocycles. The van der Waals surface area contributed by atoms with Gasteiger partial charge in [-0.25, -0.2) is 9.59 Å². The van der Waals surface area contributed by atoms with Crippen LogP contribution in [-0.2, 0) is 15.0 Å². The Labute approximate surface area is 288 Å². The molecule has 0 heterocycles. The van der Waals surface area contributed by atoms with Gasteiger partial charge in [-0.3, -0.25) is 0 Å². The van der Waals surface area contributed by atoms with Crippen LogP contribution in [0.3, 0.4) is 0 Å². The number of benzene rings is 6. The highest BCUT2D eigenvalue weighted by Gasteiger charge is 2.29. The van der Waals surface area contributed by atoms with Gasteiger partial charge in [0.05, 0.1) is 29.9 Å². The van der Waals surface area contributed by atoms with Gasteiger partial charge in [0.1, 0.15) is 0 Å². The topological polar surface area (TPSA) is 64.6 Å². The normalized spacial score (nSPS) is 11.4. The molecule has 0 bridgehead atoms. The highest BCUT2D eigenvalue weighted by atomic mass is 16.5. The Hall–Kier alpha value is -5.42. The molecule has 0 fully saturated rings. The van der Waals surface area contributed by atoms with Gasteiger partial charge in [-0.15, -0.1) is 0 Å². The quantitative estimate of drug-likeness (QED) is 0.112. The first-order valence-corrected chi connectivity index (χ1v) is 17.2. The number of hydrogen-bond donors (Lipinski definition) is 1. The number of nitrogens with one attached hydrogen (secondary N) is 1. The second kappa shape index (κ2) is 14.4. The van der Waals surface area contributed by atoms with Crippen LogP contribution in [-0.4, -0.2) is 25.2 Å². The number of fused-ring (bicyclic) bond motifs is 3. The van der Waals surface area contributed by atoms with E-state index >= 15 is 0 Å². The van der Waals surface area contributed by atoms with Crippen LogP contribution < -0.4 is 5.32 Å². The Morgan fingerprint density at radius 1 is 0.592 bits per heavy atom. The average molecular weight is 650 g/mol. The smallest absolute Gasteiger partial charge is 0.338 e. The fourth-order valence-electron chi connectivity index (χ4n) is 6.79. The summed E-state index contributed by atoms with van der Waals surface area (Å²) in [5.41, 5.74) is 6.80. The standard InChI is InChI=1S/C44H43NO4/c1-6-44(7-2,45-35-24-14-29(5)15-25-35)34-22-20-32(21-23-34)38-27-41(43(47)49-9-4)39(28-40(38)42(46)48-8-3)33-19-18-31-17-16-30-12-10-11-13-36(30)37(31)26-33/h10-28,45H,6-9H2,1-5H3. The molecule has 0 saturated carbocycles. The number of hydrogen-bond acceptors (Lipinski definition) is 5. The van der Waals surface area contributed by atoms with Crippen LogP contribution in [0, 0.1) is 6.92 Å². The fourth-order valence-corrected chi connectivity index (χ4v) is 6.79. The second-order valence-corrected chi connectivity index (χ2v) is 12.5. The summed E-state index contributed by atoms with van der Waals surface area (Å²) >= 11 is 0. The number of aryl methyl sites for hydroxylation is 1. The Morgan fingerprint density at radius 3 is 1.71 bits per heavy atom. The second-order valence-electron chi connectivity index (χ2n) is 12.5. The Balaban J connectivity index is 1.49. The van der Waals surface area contributed by atoms with Crippen LogP contribution in [0.25, 0.3) is 43.8 Å². The van der Waals surface area contributed by atoms with Crippen molar-refractivity contribution in [2.24, 2.45) is 0 Å². The number of carbonyl (C=O) groups is 2. The molecule has 0 aliphatic carbocycles. The van der Waals surface area contributed by atoms with Crippen molar-refractivity contribution in [2.75, 3.05) is 18.5 Å². The van der Waals surface area contributed by atoms with Gasteiger partial charge in [0, 0.05) is 5.69 Å². The van der Waals surface area contributed by atoms with Crippen molar-refractivity contribution in [1.29, 1.82) is 0 Å². The maximum absolute atomic E-state index is 13.6. The molecule has 0 aromatic heterocycles. The monoisotopic (exact) mass is 649 g/mol. The van der Waals surface area contributed by atoms with E-state index in [0.29, 0.717) is 22.3 Å². The predicted molar refractivity (Wildman–Crippen MR) is 201 cm³/mol. The molecule has 0 atom stereocenters. The van der Waals surface area contributed by atoms with Crippen LogP contribution >= 0.6 is 0 Å². The largest absolute Gasteiger partial charge is 0.462 e. The molecule has 5 heteroatoms. The summed E-state index contributed by atoms with van der Waals surface area (Å²) in [6.07, 6.45) is 1.76. The third-order valence-electron chi connectivity index (χ3n) is 9.60. The minimum Gasteiger partial charge on any atom is -0.462 e. The highest BCUT2D eigenvalue weighted by molar-refractivity contribution is 6.10. The summed E-state index contributed by atoms with van der Waals surface area (Å²) in [5.74, 6) is -0.885. The molecule has 0 radical (unpaired) electrons.